The molecule has 0 aliphatic carbocycles. The SMILES string of the molecule is CC1(CNC(=O)c2ccn(-c3cccc([N+](=O)[O-])c3)n2)CCNCC1.Cl. The van der Waals surface area contributed by atoms with Crippen LogP contribution in [-0.4, -0.2) is 40.2 Å². The normalized spacial score (nSPS) is 15.7. The molecule has 0 atom stereocenters. The third-order valence-corrected chi connectivity index (χ3v) is 4.61. The van der Waals surface area contributed by atoms with Gasteiger partial charge in [-0.25, -0.2) is 4.68 Å². The van der Waals surface area contributed by atoms with Gasteiger partial charge in [0, 0.05) is 24.9 Å². The Morgan fingerprint density at radius 3 is 2.81 bits per heavy atom. The number of hydrogen-bond donors (Lipinski definition) is 2. The van der Waals surface area contributed by atoms with E-state index in [-0.39, 0.29) is 29.4 Å². The van der Waals surface area contributed by atoms with E-state index in [9.17, 15) is 14.9 Å². The van der Waals surface area contributed by atoms with E-state index in [1.54, 1.807) is 24.4 Å². The fourth-order valence-corrected chi connectivity index (χ4v) is 2.93. The number of nitrogens with zero attached hydrogens (tertiary/aromatic N) is 3. The average molecular weight is 380 g/mol. The van der Waals surface area contributed by atoms with Gasteiger partial charge < -0.3 is 10.6 Å². The maximum Gasteiger partial charge on any atom is 0.271 e. The number of non-ortho nitro benzene ring substituents is 1. The minimum absolute atomic E-state index is 0. The van der Waals surface area contributed by atoms with Crippen molar-refractivity contribution >= 4 is 24.0 Å². The molecule has 0 bridgehead atoms. The number of carbonyl (C=O) groups is 1. The van der Waals surface area contributed by atoms with Gasteiger partial charge in [0.15, 0.2) is 5.69 Å². The molecule has 3 rings (SSSR count). The van der Waals surface area contributed by atoms with Crippen LogP contribution in [0.2, 0.25) is 0 Å². The monoisotopic (exact) mass is 379 g/mol. The lowest BCUT2D eigenvalue weighted by molar-refractivity contribution is -0.384. The van der Waals surface area contributed by atoms with Crippen LogP contribution in [0.15, 0.2) is 36.5 Å². The Bertz CT molecular complexity index is 786. The van der Waals surface area contributed by atoms with Crippen LogP contribution >= 0.6 is 12.4 Å². The maximum atomic E-state index is 12.3. The second kappa shape index (κ2) is 8.29. The number of piperidine rings is 1. The molecule has 2 aromatic rings. The Morgan fingerprint density at radius 2 is 2.12 bits per heavy atom. The fraction of sp³-hybridized carbons (Fsp3) is 0.412. The highest BCUT2D eigenvalue weighted by Crippen LogP contribution is 2.26. The summed E-state index contributed by atoms with van der Waals surface area (Å²) in [5, 5.41) is 21.4. The predicted octanol–water partition coefficient (Wildman–Crippen LogP) is 2.32. The number of carbonyl (C=O) groups excluding carboxylic acids is 1. The van der Waals surface area contributed by atoms with Crippen LogP contribution in [0, 0.1) is 15.5 Å². The van der Waals surface area contributed by atoms with Crippen molar-refractivity contribution in [3.8, 4) is 5.69 Å². The van der Waals surface area contributed by atoms with Crippen LogP contribution in [-0.2, 0) is 0 Å². The van der Waals surface area contributed by atoms with Crippen molar-refractivity contribution in [2.45, 2.75) is 19.8 Å². The van der Waals surface area contributed by atoms with Gasteiger partial charge in [-0.05, 0) is 43.5 Å². The van der Waals surface area contributed by atoms with Crippen LogP contribution in [0.25, 0.3) is 5.69 Å². The molecule has 8 nitrogen and oxygen atoms in total. The second-order valence-electron chi connectivity index (χ2n) is 6.67. The molecule has 26 heavy (non-hydrogen) atoms. The first-order chi connectivity index (χ1) is 12.0. The Hall–Kier alpha value is -2.45. The van der Waals surface area contributed by atoms with E-state index >= 15 is 0 Å². The zero-order valence-electron chi connectivity index (χ0n) is 14.5. The molecular weight excluding hydrogens is 358 g/mol. The van der Waals surface area contributed by atoms with E-state index in [0.717, 1.165) is 25.9 Å². The lowest BCUT2D eigenvalue weighted by Gasteiger charge is -2.34. The molecule has 1 amide bonds. The number of amides is 1. The van der Waals surface area contributed by atoms with Gasteiger partial charge in [-0.15, -0.1) is 12.4 Å². The Morgan fingerprint density at radius 1 is 1.38 bits per heavy atom. The summed E-state index contributed by atoms with van der Waals surface area (Å²) in [5.41, 5.74) is 0.921. The molecule has 140 valence electrons. The Kier molecular flexibility index (Phi) is 6.33. The van der Waals surface area contributed by atoms with Crippen LogP contribution < -0.4 is 10.6 Å². The molecule has 1 fully saturated rings. The van der Waals surface area contributed by atoms with E-state index in [0.29, 0.717) is 17.9 Å². The quantitative estimate of drug-likeness (QED) is 0.613. The van der Waals surface area contributed by atoms with Crippen LogP contribution in [0.4, 0.5) is 5.69 Å². The number of nitro groups is 1. The molecule has 1 aliphatic rings. The van der Waals surface area contributed by atoms with Gasteiger partial charge in [0.2, 0.25) is 0 Å². The summed E-state index contributed by atoms with van der Waals surface area (Å²) in [7, 11) is 0. The summed E-state index contributed by atoms with van der Waals surface area (Å²) in [4.78, 5) is 22.8. The molecule has 0 spiro atoms. The lowest BCUT2D eigenvalue weighted by Crippen LogP contribution is -2.43. The van der Waals surface area contributed by atoms with Crippen molar-refractivity contribution in [2.75, 3.05) is 19.6 Å². The highest BCUT2D eigenvalue weighted by atomic mass is 35.5. The van der Waals surface area contributed by atoms with Gasteiger partial charge in [0.1, 0.15) is 0 Å². The van der Waals surface area contributed by atoms with Crippen molar-refractivity contribution < 1.29 is 9.72 Å². The van der Waals surface area contributed by atoms with Crippen molar-refractivity contribution in [1.29, 1.82) is 0 Å². The predicted molar refractivity (Wildman–Crippen MR) is 100 cm³/mol. The van der Waals surface area contributed by atoms with Gasteiger partial charge in [0.25, 0.3) is 11.6 Å². The highest BCUT2D eigenvalue weighted by Gasteiger charge is 2.27. The first kappa shape index (κ1) is 19.9. The van der Waals surface area contributed by atoms with Gasteiger partial charge in [-0.3, -0.25) is 14.9 Å². The molecular formula is C17H22ClN5O3. The van der Waals surface area contributed by atoms with Crippen LogP contribution in [0.5, 0.6) is 0 Å². The number of rotatable bonds is 5. The number of nitro benzene ring substituents is 1. The molecule has 9 heteroatoms. The molecule has 2 N–H and O–H groups in total. The number of halogens is 1. The summed E-state index contributed by atoms with van der Waals surface area (Å²) in [5.74, 6) is -0.232. The summed E-state index contributed by atoms with van der Waals surface area (Å²) in [6.45, 7) is 4.72. The summed E-state index contributed by atoms with van der Waals surface area (Å²) < 4.78 is 1.47. The fourth-order valence-electron chi connectivity index (χ4n) is 2.93. The molecule has 1 aliphatic heterocycles. The number of nitrogens with one attached hydrogen (secondary N) is 2. The Balaban J connectivity index is 0.00000243. The smallest absolute Gasteiger partial charge is 0.271 e. The Labute approximate surface area is 157 Å². The molecule has 2 heterocycles. The molecule has 0 saturated carbocycles. The van der Waals surface area contributed by atoms with Crippen molar-refractivity contribution in [2.24, 2.45) is 5.41 Å². The second-order valence-corrected chi connectivity index (χ2v) is 6.67. The molecule has 0 radical (unpaired) electrons. The number of aromatic nitrogens is 2. The highest BCUT2D eigenvalue weighted by molar-refractivity contribution is 5.92. The zero-order valence-corrected chi connectivity index (χ0v) is 15.3. The van der Waals surface area contributed by atoms with Crippen LogP contribution in [0.1, 0.15) is 30.3 Å². The van der Waals surface area contributed by atoms with E-state index in [4.69, 9.17) is 0 Å². The third kappa shape index (κ3) is 4.59. The molecule has 1 saturated heterocycles. The first-order valence-electron chi connectivity index (χ1n) is 8.26. The number of hydrogen-bond acceptors (Lipinski definition) is 5. The minimum Gasteiger partial charge on any atom is -0.350 e. The van der Waals surface area contributed by atoms with Crippen molar-refractivity contribution in [1.82, 2.24) is 20.4 Å². The van der Waals surface area contributed by atoms with E-state index < -0.39 is 4.92 Å². The third-order valence-electron chi connectivity index (χ3n) is 4.61. The van der Waals surface area contributed by atoms with Gasteiger partial charge in [-0.1, -0.05) is 13.0 Å². The van der Waals surface area contributed by atoms with Gasteiger partial charge >= 0.3 is 0 Å². The number of benzene rings is 1. The maximum absolute atomic E-state index is 12.3. The van der Waals surface area contributed by atoms with Crippen molar-refractivity contribution in [3.63, 3.8) is 0 Å². The van der Waals surface area contributed by atoms with E-state index in [1.807, 2.05) is 0 Å². The first-order valence-corrected chi connectivity index (χ1v) is 8.26. The van der Waals surface area contributed by atoms with Gasteiger partial charge in [0.05, 0.1) is 10.6 Å². The molecule has 1 aromatic carbocycles. The average Bonchev–Trinajstić information content (AvgIpc) is 3.11. The standard InChI is InChI=1S/C17H21N5O3.ClH/c1-17(6-8-18-9-7-17)12-19-16(23)15-5-10-21(20-15)13-3-2-4-14(11-13)22(24)25;/h2-5,10-11,18H,6-9,12H2,1H3,(H,19,23);1H. The largest absolute Gasteiger partial charge is 0.350 e. The lowest BCUT2D eigenvalue weighted by atomic mass is 9.81. The molecule has 1 aromatic heterocycles. The zero-order chi connectivity index (χ0) is 17.9. The summed E-state index contributed by atoms with van der Waals surface area (Å²) in [6.07, 6.45) is 3.67. The van der Waals surface area contributed by atoms with E-state index in [1.165, 1.54) is 16.8 Å². The van der Waals surface area contributed by atoms with E-state index in [2.05, 4.69) is 22.7 Å². The summed E-state index contributed by atoms with van der Waals surface area (Å²) >= 11 is 0. The van der Waals surface area contributed by atoms with Crippen LogP contribution in [0.3, 0.4) is 0 Å². The summed E-state index contributed by atoms with van der Waals surface area (Å²) in [6, 6.07) is 7.74. The molecule has 0 unspecified atom stereocenters. The minimum atomic E-state index is -0.458. The van der Waals surface area contributed by atoms with Crippen molar-refractivity contribution in [3.05, 3.63) is 52.3 Å². The topological polar surface area (TPSA) is 102 Å². The van der Waals surface area contributed by atoms with Gasteiger partial charge in [-0.2, -0.15) is 5.10 Å².